The summed E-state index contributed by atoms with van der Waals surface area (Å²) < 4.78 is 25.3. The average molecular weight is 449 g/mol. The fourth-order valence-corrected chi connectivity index (χ4v) is 4.10. The molecule has 0 radical (unpaired) electrons. The maximum absolute atomic E-state index is 14.0. The van der Waals surface area contributed by atoms with Gasteiger partial charge in [0.15, 0.2) is 5.96 Å². The van der Waals surface area contributed by atoms with Gasteiger partial charge in [-0.2, -0.15) is 0 Å². The van der Waals surface area contributed by atoms with Crippen LogP contribution in [0.3, 0.4) is 0 Å². The molecule has 2 aromatic rings. The molecule has 2 aromatic carbocycles. The first-order valence-corrected chi connectivity index (χ1v) is 10.9. The van der Waals surface area contributed by atoms with E-state index in [1.165, 1.54) is 6.07 Å². The number of nitrogens with two attached hydrogens (primary N) is 1. The Morgan fingerprint density at radius 3 is 2.71 bits per heavy atom. The summed E-state index contributed by atoms with van der Waals surface area (Å²) in [6.45, 7) is 6.39. The SMILES string of the molecule is CCOc1ccc(OCC)c(NC(N)=NCC2CCN(C)C2c2ccc(Cl)c(F)c2)c1. The minimum Gasteiger partial charge on any atom is -0.494 e. The van der Waals surface area contributed by atoms with Crippen LogP contribution in [0.2, 0.25) is 5.02 Å². The summed E-state index contributed by atoms with van der Waals surface area (Å²) >= 11 is 5.85. The van der Waals surface area contributed by atoms with Gasteiger partial charge < -0.3 is 20.5 Å². The summed E-state index contributed by atoms with van der Waals surface area (Å²) in [5.74, 6) is 1.51. The number of nitrogens with zero attached hydrogens (tertiary/aromatic N) is 2. The molecule has 3 N–H and O–H groups in total. The van der Waals surface area contributed by atoms with E-state index in [1.807, 2.05) is 45.2 Å². The zero-order valence-electron chi connectivity index (χ0n) is 18.2. The molecule has 2 atom stereocenters. The van der Waals surface area contributed by atoms with Crippen molar-refractivity contribution in [1.29, 1.82) is 0 Å². The maximum atomic E-state index is 14.0. The summed E-state index contributed by atoms with van der Waals surface area (Å²) in [7, 11) is 2.04. The van der Waals surface area contributed by atoms with E-state index in [9.17, 15) is 4.39 Å². The highest BCUT2D eigenvalue weighted by Crippen LogP contribution is 2.37. The van der Waals surface area contributed by atoms with E-state index in [0.717, 1.165) is 24.3 Å². The van der Waals surface area contributed by atoms with Crippen LogP contribution in [0.25, 0.3) is 0 Å². The number of hydrogen-bond acceptors (Lipinski definition) is 4. The van der Waals surface area contributed by atoms with Gasteiger partial charge in [-0.15, -0.1) is 0 Å². The van der Waals surface area contributed by atoms with Gasteiger partial charge in [-0.1, -0.05) is 17.7 Å². The number of ether oxygens (including phenoxy) is 2. The molecule has 3 rings (SSSR count). The van der Waals surface area contributed by atoms with E-state index in [0.29, 0.717) is 37.2 Å². The highest BCUT2D eigenvalue weighted by molar-refractivity contribution is 6.30. The standard InChI is InChI=1S/C23H30ClFN4O2/c1-4-30-17-7-9-21(31-5-2)20(13-17)28-23(26)27-14-16-10-11-29(3)22(16)15-6-8-18(24)19(25)12-15/h6-9,12-13,16,22H,4-5,10-11,14H2,1-3H3,(H3,26,27,28). The van der Waals surface area contributed by atoms with Crippen molar-refractivity contribution in [2.75, 3.05) is 38.7 Å². The van der Waals surface area contributed by atoms with Gasteiger partial charge in [0, 0.05) is 18.7 Å². The lowest BCUT2D eigenvalue weighted by Gasteiger charge is -2.25. The molecular formula is C23H30ClFN4O2. The summed E-state index contributed by atoms with van der Waals surface area (Å²) in [6.07, 6.45) is 0.951. The number of likely N-dealkylation sites (tertiary alicyclic amines) is 1. The van der Waals surface area contributed by atoms with Crippen LogP contribution in [-0.2, 0) is 0 Å². The Balaban J connectivity index is 1.73. The monoisotopic (exact) mass is 448 g/mol. The second-order valence-corrected chi connectivity index (χ2v) is 7.93. The molecule has 1 aliphatic heterocycles. The first-order valence-electron chi connectivity index (χ1n) is 10.5. The normalized spacial score (nSPS) is 19.5. The molecular weight excluding hydrogens is 419 g/mol. The van der Waals surface area contributed by atoms with Gasteiger partial charge >= 0.3 is 0 Å². The number of hydrogen-bond donors (Lipinski definition) is 2. The maximum Gasteiger partial charge on any atom is 0.193 e. The molecule has 0 amide bonds. The molecule has 1 fully saturated rings. The number of aliphatic imine (C=N–C) groups is 1. The Labute approximate surface area is 188 Å². The quantitative estimate of drug-likeness (QED) is 0.452. The van der Waals surface area contributed by atoms with E-state index < -0.39 is 5.82 Å². The van der Waals surface area contributed by atoms with E-state index in [1.54, 1.807) is 6.07 Å². The molecule has 31 heavy (non-hydrogen) atoms. The molecule has 1 heterocycles. The van der Waals surface area contributed by atoms with Crippen molar-refractivity contribution >= 4 is 23.2 Å². The largest absolute Gasteiger partial charge is 0.494 e. The minimum absolute atomic E-state index is 0.0589. The molecule has 0 spiro atoms. The lowest BCUT2D eigenvalue weighted by Crippen LogP contribution is -2.26. The van der Waals surface area contributed by atoms with Crippen LogP contribution < -0.4 is 20.5 Å². The predicted octanol–water partition coefficient (Wildman–Crippen LogP) is 4.70. The van der Waals surface area contributed by atoms with Crippen LogP contribution in [0.15, 0.2) is 41.4 Å². The van der Waals surface area contributed by atoms with Crippen molar-refractivity contribution < 1.29 is 13.9 Å². The molecule has 168 valence electrons. The minimum atomic E-state index is -0.402. The van der Waals surface area contributed by atoms with E-state index >= 15 is 0 Å². The second kappa shape index (κ2) is 10.7. The van der Waals surface area contributed by atoms with E-state index in [2.05, 4.69) is 15.2 Å². The highest BCUT2D eigenvalue weighted by Gasteiger charge is 2.33. The van der Waals surface area contributed by atoms with Crippen molar-refractivity contribution in [1.82, 2.24) is 4.90 Å². The molecule has 0 aromatic heterocycles. The third kappa shape index (κ3) is 5.80. The molecule has 0 aliphatic carbocycles. The van der Waals surface area contributed by atoms with Gasteiger partial charge in [0.25, 0.3) is 0 Å². The highest BCUT2D eigenvalue weighted by atomic mass is 35.5. The lowest BCUT2D eigenvalue weighted by atomic mass is 9.94. The predicted molar refractivity (Wildman–Crippen MR) is 124 cm³/mol. The fourth-order valence-electron chi connectivity index (χ4n) is 3.98. The van der Waals surface area contributed by atoms with E-state index in [4.69, 9.17) is 26.8 Å². The van der Waals surface area contributed by atoms with Crippen molar-refractivity contribution in [3.05, 3.63) is 52.8 Å². The van der Waals surface area contributed by atoms with Gasteiger partial charge in [0.05, 0.1) is 23.9 Å². The number of nitrogens with one attached hydrogen (secondary N) is 1. The fraction of sp³-hybridized carbons (Fsp3) is 0.435. The summed E-state index contributed by atoms with van der Waals surface area (Å²) in [5.41, 5.74) is 7.79. The Bertz CT molecular complexity index is 924. The zero-order valence-corrected chi connectivity index (χ0v) is 19.0. The molecule has 0 bridgehead atoms. The first-order chi connectivity index (χ1) is 14.9. The third-order valence-electron chi connectivity index (χ3n) is 5.38. The second-order valence-electron chi connectivity index (χ2n) is 7.52. The van der Waals surface area contributed by atoms with Crippen LogP contribution in [0.1, 0.15) is 31.9 Å². The Kier molecular flexibility index (Phi) is 7.98. The van der Waals surface area contributed by atoms with Crippen molar-refractivity contribution in [2.45, 2.75) is 26.3 Å². The zero-order chi connectivity index (χ0) is 22.4. The van der Waals surface area contributed by atoms with Gasteiger partial charge in [-0.3, -0.25) is 9.89 Å². The van der Waals surface area contributed by atoms with Gasteiger partial charge in [0.2, 0.25) is 0 Å². The van der Waals surface area contributed by atoms with Crippen molar-refractivity contribution in [3.63, 3.8) is 0 Å². The third-order valence-corrected chi connectivity index (χ3v) is 5.69. The molecule has 1 saturated heterocycles. The van der Waals surface area contributed by atoms with Gasteiger partial charge in [-0.05, 0) is 69.6 Å². The van der Waals surface area contributed by atoms with Gasteiger partial charge in [0.1, 0.15) is 17.3 Å². The number of rotatable bonds is 8. The molecule has 6 nitrogen and oxygen atoms in total. The van der Waals surface area contributed by atoms with Crippen molar-refractivity contribution in [2.24, 2.45) is 16.6 Å². The first kappa shape index (κ1) is 23.2. The Morgan fingerprint density at radius 1 is 1.23 bits per heavy atom. The van der Waals surface area contributed by atoms with Crippen LogP contribution >= 0.6 is 11.6 Å². The average Bonchev–Trinajstić information content (AvgIpc) is 3.11. The Morgan fingerprint density at radius 2 is 2.00 bits per heavy atom. The summed E-state index contributed by atoms with van der Waals surface area (Å²) in [6, 6.07) is 10.6. The molecule has 0 saturated carbocycles. The van der Waals surface area contributed by atoms with Crippen molar-refractivity contribution in [3.8, 4) is 11.5 Å². The number of benzene rings is 2. The summed E-state index contributed by atoms with van der Waals surface area (Å²) in [5, 5.41) is 3.26. The molecule has 8 heteroatoms. The summed E-state index contributed by atoms with van der Waals surface area (Å²) in [4.78, 5) is 6.78. The van der Waals surface area contributed by atoms with Crippen LogP contribution in [0.4, 0.5) is 10.1 Å². The van der Waals surface area contributed by atoms with Crippen LogP contribution in [-0.4, -0.2) is 44.2 Å². The smallest absolute Gasteiger partial charge is 0.193 e. The van der Waals surface area contributed by atoms with E-state index in [-0.39, 0.29) is 17.0 Å². The number of guanidine groups is 1. The van der Waals surface area contributed by atoms with Gasteiger partial charge in [-0.25, -0.2) is 4.39 Å². The Hall–Kier alpha value is -2.51. The van der Waals surface area contributed by atoms with Crippen LogP contribution in [0.5, 0.6) is 11.5 Å². The number of halogens is 2. The molecule has 1 aliphatic rings. The number of anilines is 1. The molecule has 2 unspecified atom stereocenters. The van der Waals surface area contributed by atoms with Crippen LogP contribution in [0, 0.1) is 11.7 Å². The lowest BCUT2D eigenvalue weighted by molar-refractivity contribution is 0.279. The topological polar surface area (TPSA) is 72.1 Å².